The summed E-state index contributed by atoms with van der Waals surface area (Å²) in [5.74, 6) is 5.19. The van der Waals surface area contributed by atoms with Crippen LogP contribution in [0, 0.1) is 23.7 Å². The van der Waals surface area contributed by atoms with Gasteiger partial charge in [-0.05, 0) is 113 Å². The van der Waals surface area contributed by atoms with Crippen molar-refractivity contribution in [2.75, 3.05) is 0 Å². The van der Waals surface area contributed by atoms with E-state index in [9.17, 15) is 0 Å². The second kappa shape index (κ2) is 10.2. The molecule has 4 bridgehead atoms. The van der Waals surface area contributed by atoms with Gasteiger partial charge in [0.1, 0.15) is 0 Å². The van der Waals surface area contributed by atoms with Gasteiger partial charge in [0, 0.05) is 38.1 Å². The predicted molar refractivity (Wildman–Crippen MR) is 202 cm³/mol. The van der Waals surface area contributed by atoms with Gasteiger partial charge in [-0.3, -0.25) is 0 Å². The lowest BCUT2D eigenvalue weighted by Crippen LogP contribution is -2.55. The highest BCUT2D eigenvalue weighted by molar-refractivity contribution is 6.34. The number of nitrogens with zero attached hydrogens (tertiary/aromatic N) is 3. The largest absolute Gasteiger partial charge is 0.208 e. The summed E-state index contributed by atoms with van der Waals surface area (Å²) in [5.41, 5.74) is 13.7. The Bertz CT molecular complexity index is 2360. The van der Waals surface area contributed by atoms with Gasteiger partial charge in [-0.2, -0.15) is 0 Å². The van der Waals surface area contributed by atoms with E-state index in [1.165, 1.54) is 76.6 Å². The van der Waals surface area contributed by atoms with Gasteiger partial charge in [0.2, 0.25) is 0 Å². The number of hydrogen-bond donors (Lipinski definition) is 0. The Morgan fingerprint density at radius 1 is 0.500 bits per heavy atom. The highest BCUT2D eigenvalue weighted by atomic mass is 35.5. The Morgan fingerprint density at radius 2 is 1.06 bits per heavy atom. The van der Waals surface area contributed by atoms with E-state index in [2.05, 4.69) is 117 Å². The molecule has 3 nitrogen and oxygen atoms in total. The first-order valence-corrected chi connectivity index (χ1v) is 18.8. The van der Waals surface area contributed by atoms with Gasteiger partial charge in [-0.1, -0.05) is 116 Å². The van der Waals surface area contributed by atoms with Crippen molar-refractivity contribution in [3.8, 4) is 56.4 Å². The summed E-state index contributed by atoms with van der Waals surface area (Å²) in [6, 6.07) is 39.5. The molecule has 0 unspecified atom stereocenters. The van der Waals surface area contributed by atoms with Crippen LogP contribution in [0.25, 0.3) is 56.4 Å². The second-order valence-electron chi connectivity index (χ2n) is 16.2. The fourth-order valence-electron chi connectivity index (χ4n) is 11.5. The summed E-state index contributed by atoms with van der Waals surface area (Å²) in [6.45, 7) is 4.65. The summed E-state index contributed by atoms with van der Waals surface area (Å²) in [5, 5.41) is 0.873. The molecule has 0 aliphatic heterocycles. The van der Waals surface area contributed by atoms with Crippen LogP contribution >= 0.6 is 11.6 Å². The molecule has 1 heterocycles. The molecule has 0 saturated heterocycles. The lowest BCUT2D eigenvalue weighted by molar-refractivity contribution is -0.0399. The van der Waals surface area contributed by atoms with Gasteiger partial charge < -0.3 is 0 Å². The molecule has 0 radical (unpaired) electrons. The van der Waals surface area contributed by atoms with Crippen LogP contribution < -0.4 is 0 Å². The van der Waals surface area contributed by atoms with Gasteiger partial charge in [-0.25, -0.2) is 15.0 Å². The Kier molecular flexibility index (Phi) is 5.97. The zero-order valence-electron chi connectivity index (χ0n) is 28.5. The molecular weight excluding hydrogens is 630 g/mol. The maximum Gasteiger partial charge on any atom is 0.164 e. The summed E-state index contributed by atoms with van der Waals surface area (Å²) < 4.78 is 0. The molecule has 5 aromatic carbocycles. The van der Waals surface area contributed by atoms with Crippen LogP contribution in [0.5, 0.6) is 0 Å². The van der Waals surface area contributed by atoms with Crippen molar-refractivity contribution in [1.82, 2.24) is 15.0 Å². The molecular formula is C46H38ClN3. The summed E-state index contributed by atoms with van der Waals surface area (Å²) in [6.07, 6.45) is 6.75. The molecule has 50 heavy (non-hydrogen) atoms. The lowest BCUT2D eigenvalue weighted by Gasteiger charge is -2.61. The van der Waals surface area contributed by atoms with E-state index in [-0.39, 0.29) is 10.8 Å². The molecule has 6 aromatic rings. The van der Waals surface area contributed by atoms with Crippen molar-refractivity contribution in [1.29, 1.82) is 0 Å². The number of benzene rings is 5. The molecule has 0 N–H and O–H groups in total. The van der Waals surface area contributed by atoms with Crippen molar-refractivity contribution in [3.63, 3.8) is 0 Å². The van der Waals surface area contributed by atoms with Gasteiger partial charge in [0.15, 0.2) is 17.5 Å². The Hall–Kier alpha value is -4.60. The quantitative estimate of drug-likeness (QED) is 0.188. The highest BCUT2D eigenvalue weighted by Gasteiger charge is 2.61. The first-order chi connectivity index (χ1) is 24.4. The van der Waals surface area contributed by atoms with Crippen LogP contribution in [-0.2, 0) is 10.8 Å². The molecule has 4 heteroatoms. The van der Waals surface area contributed by atoms with Gasteiger partial charge in [0.25, 0.3) is 0 Å². The molecule has 1 spiro atoms. The van der Waals surface area contributed by atoms with Crippen molar-refractivity contribution >= 4 is 11.6 Å². The predicted octanol–water partition coefficient (Wildman–Crippen LogP) is 11.6. The zero-order valence-corrected chi connectivity index (χ0v) is 29.2. The van der Waals surface area contributed by atoms with Crippen LogP contribution in [0.3, 0.4) is 0 Å². The van der Waals surface area contributed by atoms with Crippen LogP contribution in [0.1, 0.15) is 68.2 Å². The van der Waals surface area contributed by atoms with Crippen molar-refractivity contribution in [2.45, 2.75) is 56.8 Å². The minimum Gasteiger partial charge on any atom is -0.208 e. The van der Waals surface area contributed by atoms with Crippen LogP contribution in [0.2, 0.25) is 5.02 Å². The van der Waals surface area contributed by atoms with Crippen LogP contribution in [0.15, 0.2) is 109 Å². The molecule has 4 saturated carbocycles. The van der Waals surface area contributed by atoms with Crippen molar-refractivity contribution in [2.24, 2.45) is 23.7 Å². The van der Waals surface area contributed by atoms with E-state index in [4.69, 9.17) is 26.6 Å². The topological polar surface area (TPSA) is 38.7 Å². The molecule has 4 fully saturated rings. The first-order valence-electron chi connectivity index (χ1n) is 18.4. The molecule has 6 aliphatic carbocycles. The smallest absolute Gasteiger partial charge is 0.164 e. The minimum absolute atomic E-state index is 0.0116. The molecule has 244 valence electrons. The maximum atomic E-state index is 7.08. The summed E-state index contributed by atoms with van der Waals surface area (Å²) in [4.78, 5) is 15.6. The second-order valence-corrected chi connectivity index (χ2v) is 16.6. The number of rotatable bonds is 3. The Morgan fingerprint density at radius 3 is 1.76 bits per heavy atom. The zero-order chi connectivity index (χ0) is 33.4. The fourth-order valence-corrected chi connectivity index (χ4v) is 11.8. The van der Waals surface area contributed by atoms with Crippen molar-refractivity contribution < 1.29 is 0 Å². The van der Waals surface area contributed by atoms with E-state index >= 15 is 0 Å². The standard InChI is InChI=1S/C46H38ClN3/c1-45(2)36-12-7-6-11-33(36)34-17-15-29(24-38(34)45)43-48-42(28-9-4-3-5-10-28)49-44(50-43)30-16-18-35-39(25-30)46(37-13-8-14-40(47)41(35)37)31-20-26-19-27(22-31)23-32(46)21-26/h3-18,24-27,31-32H,19-23H2,1-2H3. The van der Waals surface area contributed by atoms with E-state index in [0.29, 0.717) is 23.5 Å². The average Bonchev–Trinajstić information content (AvgIpc) is 3.56. The van der Waals surface area contributed by atoms with Crippen LogP contribution in [0.4, 0.5) is 0 Å². The third-order valence-electron chi connectivity index (χ3n) is 13.4. The normalized spacial score (nSPS) is 25.7. The molecule has 0 atom stereocenters. The number of halogens is 1. The summed E-state index contributed by atoms with van der Waals surface area (Å²) >= 11 is 7.08. The molecule has 12 rings (SSSR count). The van der Waals surface area contributed by atoms with Crippen LogP contribution in [-0.4, -0.2) is 15.0 Å². The maximum absolute atomic E-state index is 7.08. The van der Waals surface area contributed by atoms with Gasteiger partial charge in [0.05, 0.1) is 0 Å². The lowest BCUT2D eigenvalue weighted by atomic mass is 9.43. The molecule has 1 aromatic heterocycles. The van der Waals surface area contributed by atoms with E-state index in [1.807, 2.05) is 6.07 Å². The monoisotopic (exact) mass is 667 g/mol. The Balaban J connectivity index is 1.10. The first kappa shape index (κ1) is 29.2. The van der Waals surface area contributed by atoms with Crippen molar-refractivity contribution in [3.05, 3.63) is 136 Å². The average molecular weight is 668 g/mol. The number of fused-ring (bicyclic) bond motifs is 6. The Labute approximate surface area is 298 Å². The van der Waals surface area contributed by atoms with E-state index in [0.717, 1.165) is 39.4 Å². The molecule has 0 amide bonds. The minimum atomic E-state index is -0.108. The van der Waals surface area contributed by atoms with E-state index in [1.54, 1.807) is 0 Å². The van der Waals surface area contributed by atoms with Gasteiger partial charge in [-0.15, -0.1) is 0 Å². The summed E-state index contributed by atoms with van der Waals surface area (Å²) in [7, 11) is 0. The van der Waals surface area contributed by atoms with E-state index < -0.39 is 0 Å². The fraction of sp³-hybridized carbons (Fsp3) is 0.283. The third-order valence-corrected chi connectivity index (χ3v) is 13.7. The highest BCUT2D eigenvalue weighted by Crippen LogP contribution is 2.70. The molecule has 6 aliphatic rings. The SMILES string of the molecule is CC1(C)c2ccccc2-c2ccc(-c3nc(-c4ccccc4)nc(-c4ccc5c(c4)C4(c6cccc(Cl)c6-5)C5CC6CC(C5)CC4C6)n3)cc21. The number of aromatic nitrogens is 3. The number of hydrogen-bond acceptors (Lipinski definition) is 3. The third kappa shape index (κ3) is 3.85. The van der Waals surface area contributed by atoms with Gasteiger partial charge >= 0.3 is 0 Å².